The fraction of sp³-hybridized carbons (Fsp3) is 0.571. The number of carbonyl (C=O) groups is 1. The van der Waals surface area contributed by atoms with Crippen molar-refractivity contribution in [3.63, 3.8) is 0 Å². The molecule has 152 valence electrons. The fourth-order valence-corrected chi connectivity index (χ4v) is 3.69. The average Bonchev–Trinajstić information content (AvgIpc) is 3.12. The van der Waals surface area contributed by atoms with Gasteiger partial charge >= 0.3 is 0 Å². The van der Waals surface area contributed by atoms with E-state index in [2.05, 4.69) is 15.6 Å². The van der Waals surface area contributed by atoms with Crippen LogP contribution >= 0.6 is 0 Å². The molecule has 0 atom stereocenters. The lowest BCUT2D eigenvalue weighted by molar-refractivity contribution is 0.0728. The Morgan fingerprint density at radius 2 is 2.00 bits per heavy atom. The first kappa shape index (κ1) is 20.5. The highest BCUT2D eigenvalue weighted by Crippen LogP contribution is 2.21. The second kappa shape index (κ2) is 10.3. The molecule has 2 heterocycles. The van der Waals surface area contributed by atoms with Gasteiger partial charge in [-0.2, -0.15) is 0 Å². The summed E-state index contributed by atoms with van der Waals surface area (Å²) < 4.78 is 7.09. The number of aromatic nitrogens is 3. The molecule has 0 bridgehead atoms. The zero-order valence-electron chi connectivity index (χ0n) is 16.9. The second-order valence-corrected chi connectivity index (χ2v) is 7.36. The quantitative estimate of drug-likeness (QED) is 0.672. The number of nitrogens with one attached hydrogen (secondary N) is 1. The van der Waals surface area contributed by atoms with Crippen molar-refractivity contribution < 1.29 is 9.53 Å². The fourth-order valence-electron chi connectivity index (χ4n) is 3.69. The third kappa shape index (κ3) is 5.17. The Hall–Kier alpha value is -2.25. The van der Waals surface area contributed by atoms with Gasteiger partial charge in [0.15, 0.2) is 5.69 Å². The average molecular weight is 386 g/mol. The zero-order valence-corrected chi connectivity index (χ0v) is 16.9. The number of ether oxygens (including phenoxy) is 1. The van der Waals surface area contributed by atoms with E-state index in [9.17, 15) is 4.79 Å². The van der Waals surface area contributed by atoms with Crippen molar-refractivity contribution in [2.45, 2.75) is 45.2 Å². The number of amides is 1. The highest BCUT2D eigenvalue weighted by atomic mass is 16.5. The Balaban J connectivity index is 1.74. The number of methoxy groups -OCH3 is 1. The predicted molar refractivity (Wildman–Crippen MR) is 108 cm³/mol. The van der Waals surface area contributed by atoms with Gasteiger partial charge < -0.3 is 15.0 Å². The van der Waals surface area contributed by atoms with E-state index >= 15 is 0 Å². The van der Waals surface area contributed by atoms with Crippen molar-refractivity contribution >= 4 is 5.91 Å². The lowest BCUT2D eigenvalue weighted by atomic mass is 10.1. The molecular weight excluding hydrogens is 354 g/mol. The molecule has 1 amide bonds. The van der Waals surface area contributed by atoms with Gasteiger partial charge in [-0.15, -0.1) is 5.10 Å². The van der Waals surface area contributed by atoms with Crippen LogP contribution in [0.1, 0.15) is 53.5 Å². The van der Waals surface area contributed by atoms with Gasteiger partial charge in [-0.3, -0.25) is 4.79 Å². The van der Waals surface area contributed by atoms with E-state index in [1.165, 1.54) is 0 Å². The molecule has 7 nitrogen and oxygen atoms in total. The van der Waals surface area contributed by atoms with E-state index in [-0.39, 0.29) is 5.91 Å². The van der Waals surface area contributed by atoms with Gasteiger partial charge in [-0.1, -0.05) is 35.5 Å². The summed E-state index contributed by atoms with van der Waals surface area (Å²) in [6.07, 6.45) is 3.86. The molecule has 0 unspecified atom stereocenters. The number of hydrogen-bond donors (Lipinski definition) is 1. The Labute approximate surface area is 167 Å². The molecule has 1 aromatic heterocycles. The SMILES string of the molecule is COCCCCN(Cc1ccccc1)C(=O)c1nnn(C2CCNCC2)c1C. The van der Waals surface area contributed by atoms with Gasteiger partial charge in [0, 0.05) is 26.8 Å². The molecule has 0 spiro atoms. The Morgan fingerprint density at radius 3 is 2.71 bits per heavy atom. The molecule has 1 aromatic carbocycles. The first-order valence-corrected chi connectivity index (χ1v) is 10.2. The molecule has 28 heavy (non-hydrogen) atoms. The van der Waals surface area contributed by atoms with Crippen molar-refractivity contribution in [1.82, 2.24) is 25.2 Å². The van der Waals surface area contributed by atoms with Crippen LogP contribution in [0.15, 0.2) is 30.3 Å². The van der Waals surface area contributed by atoms with Crippen LogP contribution in [0.5, 0.6) is 0 Å². The van der Waals surface area contributed by atoms with Crippen molar-refractivity contribution in [2.75, 3.05) is 33.4 Å². The number of hydrogen-bond acceptors (Lipinski definition) is 5. The minimum Gasteiger partial charge on any atom is -0.385 e. The molecule has 1 aliphatic rings. The third-order valence-corrected chi connectivity index (χ3v) is 5.31. The predicted octanol–water partition coefficient (Wildman–Crippen LogP) is 2.58. The molecule has 0 aliphatic carbocycles. The molecule has 3 rings (SSSR count). The first-order chi connectivity index (χ1) is 13.7. The second-order valence-electron chi connectivity index (χ2n) is 7.36. The first-order valence-electron chi connectivity index (χ1n) is 10.2. The minimum absolute atomic E-state index is 0.0426. The summed E-state index contributed by atoms with van der Waals surface area (Å²) in [6.45, 7) is 5.88. The smallest absolute Gasteiger partial charge is 0.276 e. The summed E-state index contributed by atoms with van der Waals surface area (Å²) in [6, 6.07) is 10.4. The van der Waals surface area contributed by atoms with Crippen LogP contribution < -0.4 is 5.32 Å². The van der Waals surface area contributed by atoms with Crippen LogP contribution in [-0.2, 0) is 11.3 Å². The minimum atomic E-state index is -0.0426. The number of piperidine rings is 1. The third-order valence-electron chi connectivity index (χ3n) is 5.31. The van der Waals surface area contributed by atoms with Crippen LogP contribution in [-0.4, -0.2) is 59.2 Å². The Bertz CT molecular complexity index is 741. The summed E-state index contributed by atoms with van der Waals surface area (Å²) in [4.78, 5) is 15.2. The molecule has 7 heteroatoms. The summed E-state index contributed by atoms with van der Waals surface area (Å²) in [7, 11) is 1.70. The molecule has 1 saturated heterocycles. The number of carbonyl (C=O) groups excluding carboxylic acids is 1. The van der Waals surface area contributed by atoms with Crippen LogP contribution in [0.3, 0.4) is 0 Å². The van der Waals surface area contributed by atoms with Gasteiger partial charge in [0.2, 0.25) is 0 Å². The van der Waals surface area contributed by atoms with Crippen molar-refractivity contribution in [3.8, 4) is 0 Å². The molecule has 1 N–H and O–H groups in total. The van der Waals surface area contributed by atoms with E-state index in [1.807, 2.05) is 46.8 Å². The van der Waals surface area contributed by atoms with Crippen molar-refractivity contribution in [3.05, 3.63) is 47.3 Å². The van der Waals surface area contributed by atoms with Gasteiger partial charge in [0.25, 0.3) is 5.91 Å². The topological polar surface area (TPSA) is 72.3 Å². The van der Waals surface area contributed by atoms with Crippen LogP contribution in [0.4, 0.5) is 0 Å². The van der Waals surface area contributed by atoms with Gasteiger partial charge in [0.05, 0.1) is 11.7 Å². The molecule has 1 fully saturated rings. The number of nitrogens with zero attached hydrogens (tertiary/aromatic N) is 4. The van der Waals surface area contributed by atoms with E-state index < -0.39 is 0 Å². The highest BCUT2D eigenvalue weighted by molar-refractivity contribution is 5.93. The van der Waals surface area contributed by atoms with Gasteiger partial charge in [-0.05, 0) is 51.3 Å². The summed E-state index contributed by atoms with van der Waals surface area (Å²) in [5.74, 6) is -0.0426. The maximum absolute atomic E-state index is 13.3. The maximum Gasteiger partial charge on any atom is 0.276 e. The normalized spacial score (nSPS) is 14.9. The molecule has 2 aromatic rings. The maximum atomic E-state index is 13.3. The summed E-state index contributed by atoms with van der Waals surface area (Å²) >= 11 is 0. The van der Waals surface area contributed by atoms with Gasteiger partial charge in [0.1, 0.15) is 0 Å². The van der Waals surface area contributed by atoms with Crippen molar-refractivity contribution in [2.24, 2.45) is 0 Å². The summed E-state index contributed by atoms with van der Waals surface area (Å²) in [5.41, 5.74) is 2.46. The van der Waals surface area contributed by atoms with Crippen LogP contribution in [0.25, 0.3) is 0 Å². The number of benzene rings is 1. The molecule has 0 saturated carbocycles. The zero-order chi connectivity index (χ0) is 19.8. The Kier molecular flexibility index (Phi) is 7.56. The van der Waals surface area contributed by atoms with Crippen molar-refractivity contribution in [1.29, 1.82) is 0 Å². The Morgan fingerprint density at radius 1 is 1.25 bits per heavy atom. The number of unbranched alkanes of at least 4 members (excludes halogenated alkanes) is 1. The van der Waals surface area contributed by atoms with E-state index in [1.54, 1.807) is 7.11 Å². The standard InChI is InChI=1S/C21H31N5O2/c1-17-20(23-24-26(17)19-10-12-22-13-11-19)21(27)25(14-6-7-15-28-2)16-18-8-4-3-5-9-18/h3-5,8-9,19,22H,6-7,10-16H2,1-2H3. The van der Waals surface area contributed by atoms with E-state index in [4.69, 9.17) is 4.74 Å². The molecule has 0 radical (unpaired) electrons. The lowest BCUT2D eigenvalue weighted by Gasteiger charge is -2.24. The van der Waals surface area contributed by atoms with Crippen LogP contribution in [0, 0.1) is 6.92 Å². The van der Waals surface area contributed by atoms with E-state index in [0.29, 0.717) is 31.4 Å². The highest BCUT2D eigenvalue weighted by Gasteiger charge is 2.26. The molecular formula is C21H31N5O2. The monoisotopic (exact) mass is 385 g/mol. The molecule has 1 aliphatic heterocycles. The largest absolute Gasteiger partial charge is 0.385 e. The van der Waals surface area contributed by atoms with Crippen LogP contribution in [0.2, 0.25) is 0 Å². The number of rotatable bonds is 9. The lowest BCUT2D eigenvalue weighted by Crippen LogP contribution is -2.33. The van der Waals surface area contributed by atoms with Gasteiger partial charge in [-0.25, -0.2) is 4.68 Å². The van der Waals surface area contributed by atoms with E-state index in [0.717, 1.165) is 50.0 Å². The summed E-state index contributed by atoms with van der Waals surface area (Å²) in [5, 5.41) is 12.0.